The van der Waals surface area contributed by atoms with Crippen LogP contribution >= 0.6 is 15.9 Å². The van der Waals surface area contributed by atoms with Crippen molar-refractivity contribution < 1.29 is 19.0 Å². The van der Waals surface area contributed by atoms with E-state index in [2.05, 4.69) is 21.2 Å². The van der Waals surface area contributed by atoms with Crippen LogP contribution in [-0.4, -0.2) is 39.9 Å². The number of hydrogen-bond donors (Lipinski definition) is 1. The van der Waals surface area contributed by atoms with Crippen molar-refractivity contribution in [3.05, 3.63) is 22.2 Å². The minimum atomic E-state index is -0.161. The molecule has 0 saturated heterocycles. The average Bonchev–Trinajstić information content (AvgIpc) is 2.47. The first-order valence-corrected chi connectivity index (χ1v) is 7.20. The largest absolute Gasteiger partial charge is 0.495 e. The molecule has 0 atom stereocenters. The molecular formula is C14H20BrNO4. The lowest BCUT2D eigenvalue weighted by atomic mass is 10.2. The van der Waals surface area contributed by atoms with Gasteiger partial charge in [-0.1, -0.05) is 0 Å². The van der Waals surface area contributed by atoms with Gasteiger partial charge in [-0.3, -0.25) is 4.79 Å². The van der Waals surface area contributed by atoms with Crippen molar-refractivity contribution in [2.24, 2.45) is 0 Å². The smallest absolute Gasteiger partial charge is 0.251 e. The SMILES string of the molecule is CCOCCCNC(=O)c1cc(OC)c(Br)c(OC)c1. The van der Waals surface area contributed by atoms with Crippen LogP contribution < -0.4 is 14.8 Å². The predicted octanol–water partition coefficient (Wildman–Crippen LogP) is 2.62. The maximum Gasteiger partial charge on any atom is 0.251 e. The molecule has 0 radical (unpaired) electrons. The van der Waals surface area contributed by atoms with E-state index in [4.69, 9.17) is 14.2 Å². The maximum absolute atomic E-state index is 12.0. The van der Waals surface area contributed by atoms with Gasteiger partial charge in [-0.15, -0.1) is 0 Å². The van der Waals surface area contributed by atoms with Crippen molar-refractivity contribution in [3.8, 4) is 11.5 Å². The van der Waals surface area contributed by atoms with Crippen LogP contribution in [-0.2, 0) is 4.74 Å². The van der Waals surface area contributed by atoms with Crippen molar-refractivity contribution in [3.63, 3.8) is 0 Å². The van der Waals surface area contributed by atoms with Gasteiger partial charge in [0, 0.05) is 25.3 Å². The molecule has 0 fully saturated rings. The van der Waals surface area contributed by atoms with Crippen LogP contribution in [0.1, 0.15) is 23.7 Å². The van der Waals surface area contributed by atoms with E-state index >= 15 is 0 Å². The molecule has 6 heteroatoms. The summed E-state index contributed by atoms with van der Waals surface area (Å²) in [6.07, 6.45) is 0.782. The minimum Gasteiger partial charge on any atom is -0.495 e. The quantitative estimate of drug-likeness (QED) is 0.736. The Morgan fingerprint density at radius 1 is 1.25 bits per heavy atom. The summed E-state index contributed by atoms with van der Waals surface area (Å²) in [5.74, 6) is 0.957. The zero-order valence-corrected chi connectivity index (χ0v) is 13.6. The molecule has 0 aromatic heterocycles. The molecule has 1 N–H and O–H groups in total. The molecule has 0 heterocycles. The van der Waals surface area contributed by atoms with Crippen LogP contribution in [0.25, 0.3) is 0 Å². The molecule has 0 aliphatic heterocycles. The fourth-order valence-corrected chi connectivity index (χ4v) is 2.18. The average molecular weight is 346 g/mol. The Bertz CT molecular complexity index is 426. The van der Waals surface area contributed by atoms with E-state index in [-0.39, 0.29) is 5.91 Å². The van der Waals surface area contributed by atoms with E-state index in [0.717, 1.165) is 6.42 Å². The van der Waals surface area contributed by atoms with E-state index in [1.165, 1.54) is 0 Å². The zero-order chi connectivity index (χ0) is 15.0. The topological polar surface area (TPSA) is 56.8 Å². The highest BCUT2D eigenvalue weighted by Gasteiger charge is 2.14. The summed E-state index contributed by atoms with van der Waals surface area (Å²) < 4.78 is 16.3. The molecule has 20 heavy (non-hydrogen) atoms. The van der Waals surface area contributed by atoms with Gasteiger partial charge in [0.15, 0.2) is 0 Å². The standard InChI is InChI=1S/C14H20BrNO4/c1-4-20-7-5-6-16-14(17)10-8-11(18-2)13(15)12(9-10)19-3/h8-9H,4-7H2,1-3H3,(H,16,17). The summed E-state index contributed by atoms with van der Waals surface area (Å²) in [6.45, 7) is 3.84. The number of amides is 1. The number of carbonyl (C=O) groups is 1. The Morgan fingerprint density at radius 3 is 2.35 bits per heavy atom. The lowest BCUT2D eigenvalue weighted by molar-refractivity contribution is 0.0943. The monoisotopic (exact) mass is 345 g/mol. The highest BCUT2D eigenvalue weighted by atomic mass is 79.9. The lowest BCUT2D eigenvalue weighted by Crippen LogP contribution is -2.25. The van der Waals surface area contributed by atoms with Gasteiger partial charge in [0.05, 0.1) is 14.2 Å². The molecule has 0 unspecified atom stereocenters. The Labute approximate surface area is 127 Å². The van der Waals surface area contributed by atoms with Crippen LogP contribution in [0, 0.1) is 0 Å². The lowest BCUT2D eigenvalue weighted by Gasteiger charge is -2.11. The Balaban J connectivity index is 2.68. The number of rotatable bonds is 8. The zero-order valence-electron chi connectivity index (χ0n) is 12.0. The third-order valence-corrected chi connectivity index (χ3v) is 3.44. The molecule has 0 spiro atoms. The van der Waals surface area contributed by atoms with Crippen molar-refractivity contribution in [1.82, 2.24) is 5.32 Å². The summed E-state index contributed by atoms with van der Waals surface area (Å²) >= 11 is 3.37. The molecule has 5 nitrogen and oxygen atoms in total. The van der Waals surface area contributed by atoms with Gasteiger partial charge in [-0.05, 0) is 41.4 Å². The van der Waals surface area contributed by atoms with Crippen LogP contribution in [0.3, 0.4) is 0 Å². The first kappa shape index (κ1) is 16.8. The molecule has 1 amide bonds. The number of methoxy groups -OCH3 is 2. The van der Waals surface area contributed by atoms with Gasteiger partial charge in [-0.2, -0.15) is 0 Å². The van der Waals surface area contributed by atoms with Crippen LogP contribution in [0.2, 0.25) is 0 Å². The Morgan fingerprint density at radius 2 is 1.85 bits per heavy atom. The summed E-state index contributed by atoms with van der Waals surface area (Å²) in [4.78, 5) is 12.0. The normalized spacial score (nSPS) is 10.2. The summed E-state index contributed by atoms with van der Waals surface area (Å²) in [5, 5.41) is 2.83. The fourth-order valence-electron chi connectivity index (χ4n) is 1.62. The van der Waals surface area contributed by atoms with Gasteiger partial charge in [0.2, 0.25) is 0 Å². The van der Waals surface area contributed by atoms with Gasteiger partial charge in [-0.25, -0.2) is 0 Å². The molecule has 1 rings (SSSR count). The number of halogens is 1. The fraction of sp³-hybridized carbons (Fsp3) is 0.500. The Hall–Kier alpha value is -1.27. The first-order valence-electron chi connectivity index (χ1n) is 6.41. The molecular weight excluding hydrogens is 326 g/mol. The van der Waals surface area contributed by atoms with Gasteiger partial charge < -0.3 is 19.5 Å². The van der Waals surface area contributed by atoms with E-state index in [9.17, 15) is 4.79 Å². The van der Waals surface area contributed by atoms with E-state index in [1.54, 1.807) is 26.4 Å². The first-order chi connectivity index (χ1) is 9.63. The number of carbonyl (C=O) groups excluding carboxylic acids is 1. The number of nitrogens with one attached hydrogen (secondary N) is 1. The van der Waals surface area contributed by atoms with E-state index in [0.29, 0.717) is 41.3 Å². The third-order valence-electron chi connectivity index (χ3n) is 2.66. The molecule has 1 aromatic carbocycles. The number of benzene rings is 1. The number of hydrogen-bond acceptors (Lipinski definition) is 4. The summed E-state index contributed by atoms with van der Waals surface area (Å²) in [7, 11) is 3.09. The molecule has 1 aromatic rings. The summed E-state index contributed by atoms with van der Waals surface area (Å²) in [5.41, 5.74) is 0.498. The van der Waals surface area contributed by atoms with Crippen molar-refractivity contribution in [1.29, 1.82) is 0 Å². The molecule has 0 saturated carbocycles. The second-order valence-corrected chi connectivity index (χ2v) is 4.79. The third kappa shape index (κ3) is 4.68. The maximum atomic E-state index is 12.0. The molecule has 0 aliphatic carbocycles. The Kier molecular flexibility index (Phi) is 7.40. The van der Waals surface area contributed by atoms with Crippen molar-refractivity contribution in [2.75, 3.05) is 34.0 Å². The summed E-state index contributed by atoms with van der Waals surface area (Å²) in [6, 6.07) is 3.34. The predicted molar refractivity (Wildman–Crippen MR) is 80.7 cm³/mol. The van der Waals surface area contributed by atoms with Gasteiger partial charge in [0.25, 0.3) is 5.91 Å². The van der Waals surface area contributed by atoms with Crippen molar-refractivity contribution >= 4 is 21.8 Å². The second kappa shape index (κ2) is 8.81. The second-order valence-electron chi connectivity index (χ2n) is 4.00. The number of ether oxygens (including phenoxy) is 3. The van der Waals surface area contributed by atoms with Crippen molar-refractivity contribution in [2.45, 2.75) is 13.3 Å². The van der Waals surface area contributed by atoms with E-state index in [1.807, 2.05) is 6.92 Å². The van der Waals surface area contributed by atoms with Gasteiger partial charge in [0.1, 0.15) is 16.0 Å². The molecule has 0 bridgehead atoms. The van der Waals surface area contributed by atoms with Gasteiger partial charge >= 0.3 is 0 Å². The minimum absolute atomic E-state index is 0.161. The molecule has 112 valence electrons. The van der Waals surface area contributed by atoms with Crippen LogP contribution in [0.4, 0.5) is 0 Å². The highest BCUT2D eigenvalue weighted by molar-refractivity contribution is 9.10. The van der Waals surface area contributed by atoms with E-state index < -0.39 is 0 Å². The van der Waals surface area contributed by atoms with Crippen LogP contribution in [0.15, 0.2) is 16.6 Å². The highest BCUT2D eigenvalue weighted by Crippen LogP contribution is 2.35. The van der Waals surface area contributed by atoms with Crippen LogP contribution in [0.5, 0.6) is 11.5 Å². The molecule has 0 aliphatic rings.